The van der Waals surface area contributed by atoms with E-state index in [0.717, 1.165) is 22.0 Å². The molecule has 5 aromatic rings. The lowest BCUT2D eigenvalue weighted by atomic mass is 10.1. The fourth-order valence-corrected chi connectivity index (χ4v) is 5.87. The van der Waals surface area contributed by atoms with Gasteiger partial charge >= 0.3 is 0 Å². The minimum atomic E-state index is -0.157. The number of carbonyl (C=O) groups excluding carboxylic acids is 2. The van der Waals surface area contributed by atoms with Gasteiger partial charge in [0.2, 0.25) is 11.1 Å². The van der Waals surface area contributed by atoms with E-state index in [2.05, 4.69) is 14.8 Å². The maximum absolute atomic E-state index is 13.1. The topological polar surface area (TPSA) is 97.4 Å². The van der Waals surface area contributed by atoms with E-state index in [-0.39, 0.29) is 23.6 Å². The molecule has 1 saturated heterocycles. The molecule has 0 spiro atoms. The van der Waals surface area contributed by atoms with Crippen LogP contribution in [0.1, 0.15) is 23.0 Å². The zero-order chi connectivity index (χ0) is 26.9. The van der Waals surface area contributed by atoms with E-state index in [4.69, 9.17) is 21.0 Å². The molecule has 39 heavy (non-hydrogen) atoms. The van der Waals surface area contributed by atoms with Crippen molar-refractivity contribution in [2.45, 2.75) is 24.7 Å². The van der Waals surface area contributed by atoms with Gasteiger partial charge in [-0.2, -0.15) is 0 Å². The summed E-state index contributed by atoms with van der Waals surface area (Å²) in [5.41, 5.74) is 3.48. The first-order valence-electron chi connectivity index (χ1n) is 12.6. The summed E-state index contributed by atoms with van der Waals surface area (Å²) >= 11 is 7.49. The van der Waals surface area contributed by atoms with E-state index < -0.39 is 0 Å². The second kappa shape index (κ2) is 10.7. The molecule has 11 heteroatoms. The van der Waals surface area contributed by atoms with Crippen molar-refractivity contribution in [1.29, 1.82) is 0 Å². The van der Waals surface area contributed by atoms with Gasteiger partial charge in [0.1, 0.15) is 5.52 Å². The Labute approximate surface area is 233 Å². The number of rotatable bonds is 6. The van der Waals surface area contributed by atoms with Gasteiger partial charge in [0.25, 0.3) is 5.91 Å². The number of benzene rings is 2. The summed E-state index contributed by atoms with van der Waals surface area (Å²) in [5.74, 6) is 0.306. The summed E-state index contributed by atoms with van der Waals surface area (Å²) in [4.78, 5) is 34.1. The summed E-state index contributed by atoms with van der Waals surface area (Å²) in [6.07, 6.45) is 1.49. The largest absolute Gasteiger partial charge is 0.459 e. The molecule has 0 bridgehead atoms. The number of thioether (sulfide) groups is 1. The van der Waals surface area contributed by atoms with E-state index in [1.54, 1.807) is 21.9 Å². The Morgan fingerprint density at radius 2 is 1.95 bits per heavy atom. The number of fused-ring (bicyclic) bond motifs is 3. The minimum absolute atomic E-state index is 0.0277. The van der Waals surface area contributed by atoms with Crippen molar-refractivity contribution in [3.05, 3.63) is 83.3 Å². The van der Waals surface area contributed by atoms with Crippen LogP contribution < -0.4 is 0 Å². The lowest BCUT2D eigenvalue weighted by Crippen LogP contribution is -2.55. The van der Waals surface area contributed by atoms with Crippen molar-refractivity contribution >= 4 is 57.2 Å². The average molecular weight is 561 g/mol. The third-order valence-corrected chi connectivity index (χ3v) is 7.94. The number of hydrogen-bond acceptors (Lipinski definition) is 7. The fourth-order valence-electron chi connectivity index (χ4n) is 4.97. The predicted molar refractivity (Wildman–Crippen MR) is 150 cm³/mol. The van der Waals surface area contributed by atoms with Gasteiger partial charge in [0.05, 0.1) is 17.5 Å². The second-order valence-electron chi connectivity index (χ2n) is 9.45. The normalized spacial score (nSPS) is 15.8. The molecule has 9 nitrogen and oxygen atoms in total. The molecule has 1 fully saturated rings. The quantitative estimate of drug-likeness (QED) is 0.277. The molecule has 1 aliphatic heterocycles. The summed E-state index contributed by atoms with van der Waals surface area (Å²) in [6.45, 7) is 3.88. The van der Waals surface area contributed by atoms with Crippen LogP contribution in [-0.2, 0) is 11.3 Å². The molecule has 0 saturated carbocycles. The Hall–Kier alpha value is -3.89. The standard InChI is InChI=1S/C28H25ClN6O3S/c1-18-15-33(11-12-34(18)27(37)23-10-5-13-38-23)24(36)17-39-28-30-26-25(31-32-28)21-8-2-3-9-22(21)35(26)16-19-6-4-7-20(29)14-19/h2-10,13-14,18H,11-12,15-17H2,1H3. The molecule has 2 aromatic carbocycles. The third kappa shape index (κ3) is 5.09. The SMILES string of the molecule is CC1CN(C(=O)CSc2nnc3c4ccccc4n(Cc4cccc(Cl)c4)c3n2)CCN1C(=O)c1ccco1. The number of para-hydroxylation sites is 1. The number of aromatic nitrogens is 4. The molecule has 3 aromatic heterocycles. The first-order chi connectivity index (χ1) is 19.0. The summed E-state index contributed by atoms with van der Waals surface area (Å²) < 4.78 is 7.36. The number of halogens is 1. The Balaban J connectivity index is 1.17. The molecule has 4 heterocycles. The van der Waals surface area contributed by atoms with E-state index in [0.29, 0.717) is 47.8 Å². The van der Waals surface area contributed by atoms with Crippen molar-refractivity contribution in [2.24, 2.45) is 0 Å². The molecular formula is C28H25ClN6O3S. The number of amides is 2. The second-order valence-corrected chi connectivity index (χ2v) is 10.8. The molecule has 0 aliphatic carbocycles. The summed E-state index contributed by atoms with van der Waals surface area (Å²) in [7, 11) is 0. The van der Waals surface area contributed by atoms with Crippen LogP contribution in [0, 0.1) is 0 Å². The summed E-state index contributed by atoms with van der Waals surface area (Å²) in [6, 6.07) is 19.0. The third-order valence-electron chi connectivity index (χ3n) is 6.88. The number of carbonyl (C=O) groups is 2. The van der Waals surface area contributed by atoms with Gasteiger partial charge in [-0.05, 0) is 42.8 Å². The smallest absolute Gasteiger partial charge is 0.289 e. The molecule has 1 atom stereocenters. The van der Waals surface area contributed by atoms with Gasteiger partial charge in [-0.15, -0.1) is 10.2 Å². The molecule has 6 rings (SSSR count). The van der Waals surface area contributed by atoms with Gasteiger partial charge in [-0.1, -0.05) is 53.7 Å². The van der Waals surface area contributed by atoms with Crippen molar-refractivity contribution < 1.29 is 14.0 Å². The fraction of sp³-hybridized carbons (Fsp3) is 0.250. The van der Waals surface area contributed by atoms with E-state index in [1.807, 2.05) is 55.5 Å². The minimum Gasteiger partial charge on any atom is -0.459 e. The first-order valence-corrected chi connectivity index (χ1v) is 14.0. The predicted octanol–water partition coefficient (Wildman–Crippen LogP) is 4.74. The van der Waals surface area contributed by atoms with Crippen molar-refractivity contribution in [1.82, 2.24) is 29.5 Å². The van der Waals surface area contributed by atoms with Crippen molar-refractivity contribution in [3.8, 4) is 0 Å². The van der Waals surface area contributed by atoms with Crippen molar-refractivity contribution in [3.63, 3.8) is 0 Å². The number of piperazine rings is 1. The maximum atomic E-state index is 13.1. The maximum Gasteiger partial charge on any atom is 0.289 e. The Morgan fingerprint density at radius 3 is 2.74 bits per heavy atom. The summed E-state index contributed by atoms with van der Waals surface area (Å²) in [5, 5.41) is 10.9. The van der Waals surface area contributed by atoms with Gasteiger partial charge in [-0.3, -0.25) is 9.59 Å². The van der Waals surface area contributed by atoms with Crippen LogP contribution in [0.4, 0.5) is 0 Å². The van der Waals surface area contributed by atoms with E-state index >= 15 is 0 Å². The number of nitrogens with zero attached hydrogens (tertiary/aromatic N) is 6. The molecular weight excluding hydrogens is 536 g/mol. The zero-order valence-electron chi connectivity index (χ0n) is 21.2. The van der Waals surface area contributed by atoms with Crippen LogP contribution in [0.25, 0.3) is 22.1 Å². The van der Waals surface area contributed by atoms with Gasteiger partial charge < -0.3 is 18.8 Å². The Morgan fingerprint density at radius 1 is 1.08 bits per heavy atom. The lowest BCUT2D eigenvalue weighted by molar-refractivity contribution is -0.130. The zero-order valence-corrected chi connectivity index (χ0v) is 22.7. The number of hydrogen-bond donors (Lipinski definition) is 0. The van der Waals surface area contributed by atoms with Crippen LogP contribution in [0.15, 0.2) is 76.5 Å². The molecule has 2 amide bonds. The Kier molecular flexibility index (Phi) is 6.97. The monoisotopic (exact) mass is 560 g/mol. The van der Waals surface area contributed by atoms with Crippen LogP contribution >= 0.6 is 23.4 Å². The highest BCUT2D eigenvalue weighted by Crippen LogP contribution is 2.28. The highest BCUT2D eigenvalue weighted by Gasteiger charge is 2.31. The lowest BCUT2D eigenvalue weighted by Gasteiger charge is -2.39. The van der Waals surface area contributed by atoms with Crippen molar-refractivity contribution in [2.75, 3.05) is 25.4 Å². The highest BCUT2D eigenvalue weighted by molar-refractivity contribution is 7.99. The van der Waals surface area contributed by atoms with Crippen LogP contribution in [0.2, 0.25) is 5.02 Å². The molecule has 1 aliphatic rings. The van der Waals surface area contributed by atoms with Gasteiger partial charge in [0, 0.05) is 42.6 Å². The molecule has 0 N–H and O–H groups in total. The molecule has 0 radical (unpaired) electrons. The molecule has 1 unspecified atom stereocenters. The van der Waals surface area contributed by atoms with E-state index in [1.165, 1.54) is 18.0 Å². The Bertz CT molecular complexity index is 1670. The van der Waals surface area contributed by atoms with Gasteiger partial charge in [-0.25, -0.2) is 4.98 Å². The van der Waals surface area contributed by atoms with Gasteiger partial charge in [0.15, 0.2) is 11.4 Å². The van der Waals surface area contributed by atoms with Crippen LogP contribution in [-0.4, -0.2) is 72.8 Å². The first kappa shape index (κ1) is 25.4. The van der Waals surface area contributed by atoms with Crippen LogP contribution in [0.3, 0.4) is 0 Å². The number of furan rings is 1. The average Bonchev–Trinajstić information content (AvgIpc) is 3.59. The van der Waals surface area contributed by atoms with Crippen LogP contribution in [0.5, 0.6) is 0 Å². The highest BCUT2D eigenvalue weighted by atomic mass is 35.5. The van der Waals surface area contributed by atoms with E-state index in [9.17, 15) is 9.59 Å². The molecule has 198 valence electrons.